The van der Waals surface area contributed by atoms with Gasteiger partial charge < -0.3 is 29.9 Å². The number of amides is 1. The maximum Gasteiger partial charge on any atom is 0.334 e. The van der Waals surface area contributed by atoms with E-state index in [0.29, 0.717) is 41.2 Å². The number of likely N-dealkylation sites (N-methyl/N-ethyl adjacent to an activating group) is 2. The molecule has 2 heterocycles. The van der Waals surface area contributed by atoms with E-state index in [9.17, 15) is 9.59 Å². The summed E-state index contributed by atoms with van der Waals surface area (Å²) in [5.41, 5.74) is 3.24. The van der Waals surface area contributed by atoms with Gasteiger partial charge >= 0.3 is 5.69 Å². The van der Waals surface area contributed by atoms with Crippen LogP contribution in [0, 0.1) is 5.92 Å². The number of ether oxygens (including phenoxy) is 2. The van der Waals surface area contributed by atoms with Crippen molar-refractivity contribution in [1.29, 1.82) is 0 Å². The van der Waals surface area contributed by atoms with Gasteiger partial charge in [0.2, 0.25) is 11.9 Å². The number of benzene rings is 2. The van der Waals surface area contributed by atoms with Gasteiger partial charge in [-0.3, -0.25) is 9.36 Å². The van der Waals surface area contributed by atoms with Crippen molar-refractivity contribution in [3.63, 3.8) is 0 Å². The molecule has 1 fully saturated rings. The van der Waals surface area contributed by atoms with Crippen molar-refractivity contribution in [2.75, 3.05) is 64.0 Å². The molecule has 1 amide bonds. The van der Waals surface area contributed by atoms with Crippen LogP contribution in [0.15, 0.2) is 60.0 Å². The number of fused-ring (bicyclic) bond motifs is 1. The third kappa shape index (κ3) is 6.49. The van der Waals surface area contributed by atoms with Gasteiger partial charge in [-0.25, -0.2) is 14.3 Å². The molecule has 1 aliphatic carbocycles. The third-order valence-electron chi connectivity index (χ3n) is 7.45. The molecule has 2 N–H and O–H groups in total. The van der Waals surface area contributed by atoms with E-state index in [0.717, 1.165) is 42.7 Å². The normalized spacial score (nSPS) is 12.8. The Morgan fingerprint density at radius 3 is 2.53 bits per heavy atom. The molecule has 1 saturated carbocycles. The number of nitrogens with zero attached hydrogens (tertiary/aromatic N) is 6. The Hall–Kier alpha value is -4.84. The van der Waals surface area contributed by atoms with Crippen LogP contribution in [0.1, 0.15) is 12.8 Å². The molecule has 12 heteroatoms. The fourth-order valence-corrected chi connectivity index (χ4v) is 4.88. The molecule has 4 aromatic rings. The molecule has 43 heavy (non-hydrogen) atoms. The number of rotatable bonds is 13. The van der Waals surface area contributed by atoms with Crippen LogP contribution in [0.4, 0.5) is 23.0 Å². The molecule has 0 aliphatic heterocycles. The summed E-state index contributed by atoms with van der Waals surface area (Å²) in [6.07, 6.45) is 5.05. The maximum atomic E-state index is 13.7. The van der Waals surface area contributed by atoms with E-state index in [4.69, 9.17) is 14.5 Å². The molecule has 0 atom stereocenters. The minimum absolute atomic E-state index is 0.170. The van der Waals surface area contributed by atoms with Gasteiger partial charge in [0.15, 0.2) is 0 Å². The van der Waals surface area contributed by atoms with Crippen LogP contribution in [-0.2, 0) is 11.3 Å². The van der Waals surface area contributed by atoms with E-state index in [1.165, 1.54) is 6.08 Å². The number of carbonyl (C=O) groups excluding carboxylic acids is 1. The Morgan fingerprint density at radius 2 is 1.86 bits per heavy atom. The van der Waals surface area contributed by atoms with Crippen LogP contribution >= 0.6 is 0 Å². The molecule has 0 spiro atoms. The first-order chi connectivity index (χ1) is 20.7. The fraction of sp³-hybridized carbons (Fsp3) is 0.355. The van der Waals surface area contributed by atoms with Crippen molar-refractivity contribution in [2.24, 2.45) is 5.92 Å². The van der Waals surface area contributed by atoms with Crippen LogP contribution in [0.3, 0.4) is 0 Å². The molecule has 12 nitrogen and oxygen atoms in total. The first-order valence-corrected chi connectivity index (χ1v) is 14.1. The van der Waals surface area contributed by atoms with E-state index in [2.05, 4.69) is 27.1 Å². The molecule has 0 saturated heterocycles. The lowest BCUT2D eigenvalue weighted by molar-refractivity contribution is -0.111. The zero-order valence-electron chi connectivity index (χ0n) is 25.3. The monoisotopic (exact) mass is 586 g/mol. The zero-order chi connectivity index (χ0) is 30.7. The molecular weight excluding hydrogens is 548 g/mol. The van der Waals surface area contributed by atoms with Crippen molar-refractivity contribution in [2.45, 2.75) is 19.4 Å². The average molecular weight is 587 g/mol. The standard InChI is InChI=1S/C31H38N8O4/c1-7-29(40)33-22-17-23(27(43-6)18-25(22)37(4)15-14-36(2)3)34-30-32-13-12-28(35-30)39-24-11-10-21(42-5)16-26(24)38(31(39)41)19-20-8-9-20/h7,10-13,16-18,20H,1,8-9,14-15,19H2,2-6H3,(H,33,40)(H,32,34,35). The SMILES string of the molecule is C=CC(=O)Nc1cc(Nc2nccc(-n3c(=O)n(CC4CC4)c4cc(OC)ccc43)n2)c(OC)cc1N(C)CCN(C)C. The Labute approximate surface area is 250 Å². The Bertz CT molecular complexity index is 1710. The van der Waals surface area contributed by atoms with Gasteiger partial charge in [-0.1, -0.05) is 6.58 Å². The molecule has 0 unspecified atom stereocenters. The molecular formula is C31H38N8O4. The predicted molar refractivity (Wildman–Crippen MR) is 169 cm³/mol. The van der Waals surface area contributed by atoms with Crippen molar-refractivity contribution in [3.05, 3.63) is 65.7 Å². The molecule has 2 aromatic carbocycles. The van der Waals surface area contributed by atoms with E-state index < -0.39 is 0 Å². The number of carbonyl (C=O) groups is 1. The summed E-state index contributed by atoms with van der Waals surface area (Å²) in [6.45, 7) is 5.77. The van der Waals surface area contributed by atoms with Crippen LogP contribution in [0.5, 0.6) is 11.5 Å². The van der Waals surface area contributed by atoms with Gasteiger partial charge in [0.1, 0.15) is 17.3 Å². The molecule has 226 valence electrons. The topological polar surface area (TPSA) is 119 Å². The number of aromatic nitrogens is 4. The van der Waals surface area contributed by atoms with Crippen LogP contribution in [-0.4, -0.2) is 78.4 Å². The van der Waals surface area contributed by atoms with Crippen LogP contribution in [0.25, 0.3) is 16.9 Å². The Kier molecular flexibility index (Phi) is 8.67. The number of anilines is 4. The van der Waals surface area contributed by atoms with Gasteiger partial charge in [0, 0.05) is 51.1 Å². The highest BCUT2D eigenvalue weighted by atomic mass is 16.5. The first-order valence-electron chi connectivity index (χ1n) is 14.1. The molecule has 1 aliphatic rings. The minimum atomic E-state index is -0.338. The molecule has 5 rings (SSSR count). The number of imidazole rings is 1. The van der Waals surface area contributed by atoms with Gasteiger partial charge in [0.25, 0.3) is 0 Å². The summed E-state index contributed by atoms with van der Waals surface area (Å²) in [4.78, 5) is 39.3. The second kappa shape index (κ2) is 12.6. The first kappa shape index (κ1) is 29.6. The highest BCUT2D eigenvalue weighted by molar-refractivity contribution is 6.02. The van der Waals surface area contributed by atoms with E-state index in [-0.39, 0.29) is 17.5 Å². The lowest BCUT2D eigenvalue weighted by atomic mass is 10.2. The minimum Gasteiger partial charge on any atom is -0.497 e. The Morgan fingerprint density at radius 1 is 1.07 bits per heavy atom. The van der Waals surface area contributed by atoms with Crippen molar-refractivity contribution >= 4 is 40.0 Å². The number of hydrogen-bond donors (Lipinski definition) is 2. The summed E-state index contributed by atoms with van der Waals surface area (Å²) in [5.74, 6) is 2.05. The second-order valence-corrected chi connectivity index (χ2v) is 10.9. The Balaban J connectivity index is 1.53. The van der Waals surface area contributed by atoms with Crippen LogP contribution in [0.2, 0.25) is 0 Å². The van der Waals surface area contributed by atoms with Crippen molar-refractivity contribution < 1.29 is 14.3 Å². The smallest absolute Gasteiger partial charge is 0.334 e. The summed E-state index contributed by atoms with van der Waals surface area (Å²) in [5, 5.41) is 6.12. The predicted octanol–water partition coefficient (Wildman–Crippen LogP) is 3.88. The van der Waals surface area contributed by atoms with E-state index in [1.807, 2.05) is 50.3 Å². The zero-order valence-corrected chi connectivity index (χ0v) is 25.3. The largest absolute Gasteiger partial charge is 0.497 e. The molecule has 2 aromatic heterocycles. The summed E-state index contributed by atoms with van der Waals surface area (Å²) < 4.78 is 14.6. The van der Waals surface area contributed by atoms with E-state index >= 15 is 0 Å². The lowest BCUT2D eigenvalue weighted by Crippen LogP contribution is -2.29. The summed E-state index contributed by atoms with van der Waals surface area (Å²) in [6, 6.07) is 10.9. The maximum absolute atomic E-state index is 13.7. The van der Waals surface area contributed by atoms with Crippen molar-refractivity contribution in [1.82, 2.24) is 24.0 Å². The van der Waals surface area contributed by atoms with Gasteiger partial charge in [-0.05, 0) is 57.1 Å². The van der Waals surface area contributed by atoms with E-state index in [1.54, 1.807) is 41.7 Å². The van der Waals surface area contributed by atoms with Crippen LogP contribution < -0.4 is 30.7 Å². The molecule has 0 bridgehead atoms. The number of nitrogens with one attached hydrogen (secondary N) is 2. The average Bonchev–Trinajstić information content (AvgIpc) is 3.79. The number of methoxy groups -OCH3 is 2. The summed E-state index contributed by atoms with van der Waals surface area (Å²) in [7, 11) is 9.15. The lowest BCUT2D eigenvalue weighted by Gasteiger charge is -2.26. The van der Waals surface area contributed by atoms with Gasteiger partial charge in [-0.2, -0.15) is 4.98 Å². The third-order valence-corrected chi connectivity index (χ3v) is 7.45. The highest BCUT2D eigenvalue weighted by Crippen LogP contribution is 2.38. The highest BCUT2D eigenvalue weighted by Gasteiger charge is 2.26. The second-order valence-electron chi connectivity index (χ2n) is 10.9. The van der Waals surface area contributed by atoms with Gasteiger partial charge in [0.05, 0.1) is 42.3 Å². The van der Waals surface area contributed by atoms with Gasteiger partial charge in [-0.15, -0.1) is 0 Å². The fourth-order valence-electron chi connectivity index (χ4n) is 4.88. The summed E-state index contributed by atoms with van der Waals surface area (Å²) >= 11 is 0. The quantitative estimate of drug-likeness (QED) is 0.225. The number of hydrogen-bond acceptors (Lipinski definition) is 9. The van der Waals surface area contributed by atoms with Crippen molar-refractivity contribution in [3.8, 4) is 17.3 Å². The molecule has 0 radical (unpaired) electrons.